The third kappa shape index (κ3) is 1.40. The molecule has 1 aromatic carbocycles. The van der Waals surface area contributed by atoms with Crippen molar-refractivity contribution in [1.82, 2.24) is 19.7 Å². The van der Waals surface area contributed by atoms with Gasteiger partial charge in [0.2, 0.25) is 0 Å². The lowest BCUT2D eigenvalue weighted by Crippen LogP contribution is -1.89. The van der Waals surface area contributed by atoms with Crippen molar-refractivity contribution in [2.45, 2.75) is 0 Å². The number of fused-ring (bicyclic) bond motifs is 2. The SMILES string of the molecule is Cn1nc(-c2c[nH]c3ncccc23)c2ccccc21. The lowest BCUT2D eigenvalue weighted by Gasteiger charge is -1.95. The van der Waals surface area contributed by atoms with Gasteiger partial charge in [-0.3, -0.25) is 4.68 Å². The average molecular weight is 248 g/mol. The van der Waals surface area contributed by atoms with E-state index >= 15 is 0 Å². The zero-order valence-corrected chi connectivity index (χ0v) is 10.5. The molecule has 0 amide bonds. The highest BCUT2D eigenvalue weighted by Gasteiger charge is 2.13. The first-order valence-electron chi connectivity index (χ1n) is 6.19. The minimum absolute atomic E-state index is 0.896. The Morgan fingerprint density at radius 1 is 1.05 bits per heavy atom. The quantitative estimate of drug-likeness (QED) is 0.562. The standard InChI is InChI=1S/C15H12N4/c1-19-13-7-3-2-5-11(13)14(18-19)12-9-17-15-10(12)6-4-8-16-15/h2-9H,1H3,(H,16,17). The molecule has 0 aliphatic rings. The van der Waals surface area contributed by atoms with Gasteiger partial charge in [-0.2, -0.15) is 5.10 Å². The fourth-order valence-electron chi connectivity index (χ4n) is 2.56. The maximum Gasteiger partial charge on any atom is 0.137 e. The van der Waals surface area contributed by atoms with Crippen molar-refractivity contribution in [2.75, 3.05) is 0 Å². The van der Waals surface area contributed by atoms with Crippen molar-refractivity contribution in [3.8, 4) is 11.3 Å². The van der Waals surface area contributed by atoms with Crippen LogP contribution in [0.1, 0.15) is 0 Å². The first-order valence-corrected chi connectivity index (χ1v) is 6.19. The molecule has 0 spiro atoms. The molecule has 0 saturated carbocycles. The smallest absolute Gasteiger partial charge is 0.137 e. The first kappa shape index (κ1) is 10.3. The molecule has 4 heteroatoms. The summed E-state index contributed by atoms with van der Waals surface area (Å²) in [6.45, 7) is 0. The molecule has 0 bridgehead atoms. The summed E-state index contributed by atoms with van der Waals surface area (Å²) in [4.78, 5) is 7.52. The van der Waals surface area contributed by atoms with Crippen LogP contribution in [0.25, 0.3) is 33.2 Å². The molecule has 4 aromatic rings. The highest BCUT2D eigenvalue weighted by molar-refractivity contribution is 6.02. The summed E-state index contributed by atoms with van der Waals surface area (Å²) in [6.07, 6.45) is 3.77. The van der Waals surface area contributed by atoms with Gasteiger partial charge in [-0.1, -0.05) is 18.2 Å². The molecule has 1 N–H and O–H groups in total. The fraction of sp³-hybridized carbons (Fsp3) is 0.0667. The Morgan fingerprint density at radius 3 is 2.84 bits per heavy atom. The predicted octanol–water partition coefficient (Wildman–Crippen LogP) is 3.12. The van der Waals surface area contributed by atoms with Crippen LogP contribution in [0.3, 0.4) is 0 Å². The molecule has 0 saturated heterocycles. The van der Waals surface area contributed by atoms with Gasteiger partial charge >= 0.3 is 0 Å². The van der Waals surface area contributed by atoms with Crippen LogP contribution in [0, 0.1) is 0 Å². The first-order chi connectivity index (χ1) is 9.34. The van der Waals surface area contributed by atoms with Gasteiger partial charge < -0.3 is 4.98 Å². The number of aryl methyl sites for hydroxylation is 1. The summed E-state index contributed by atoms with van der Waals surface area (Å²) in [7, 11) is 1.97. The molecule has 92 valence electrons. The second-order valence-electron chi connectivity index (χ2n) is 4.59. The van der Waals surface area contributed by atoms with Crippen molar-refractivity contribution in [1.29, 1.82) is 0 Å². The van der Waals surface area contributed by atoms with E-state index in [0.717, 1.165) is 33.2 Å². The van der Waals surface area contributed by atoms with Gasteiger partial charge in [-0.15, -0.1) is 0 Å². The predicted molar refractivity (Wildman–Crippen MR) is 75.8 cm³/mol. The number of para-hydroxylation sites is 1. The van der Waals surface area contributed by atoms with Crippen LogP contribution in [-0.2, 0) is 7.05 Å². The van der Waals surface area contributed by atoms with Crippen LogP contribution < -0.4 is 0 Å². The maximum absolute atomic E-state index is 4.65. The summed E-state index contributed by atoms with van der Waals surface area (Å²) in [5, 5.41) is 6.92. The Bertz CT molecular complexity index is 885. The molecule has 4 rings (SSSR count). The number of aromatic amines is 1. The number of hydrogen-bond donors (Lipinski definition) is 1. The third-order valence-electron chi connectivity index (χ3n) is 3.46. The normalized spacial score (nSPS) is 11.4. The van der Waals surface area contributed by atoms with Crippen molar-refractivity contribution >= 4 is 21.9 Å². The number of H-pyrrole nitrogens is 1. The largest absolute Gasteiger partial charge is 0.345 e. The Hall–Kier alpha value is -2.62. The molecule has 0 aliphatic carbocycles. The molecule has 19 heavy (non-hydrogen) atoms. The number of hydrogen-bond acceptors (Lipinski definition) is 2. The van der Waals surface area contributed by atoms with Crippen LogP contribution in [0.15, 0.2) is 48.8 Å². The minimum atomic E-state index is 0.896. The van der Waals surface area contributed by atoms with Crippen molar-refractivity contribution < 1.29 is 0 Å². The Balaban J connectivity index is 2.10. The molecule has 0 unspecified atom stereocenters. The lowest BCUT2D eigenvalue weighted by molar-refractivity contribution is 0.801. The molecular formula is C15H12N4. The summed E-state index contributed by atoms with van der Waals surface area (Å²) < 4.78 is 1.92. The van der Waals surface area contributed by atoms with Crippen LogP contribution in [-0.4, -0.2) is 19.7 Å². The monoisotopic (exact) mass is 248 g/mol. The topological polar surface area (TPSA) is 46.5 Å². The van der Waals surface area contributed by atoms with E-state index in [9.17, 15) is 0 Å². The summed E-state index contributed by atoms with van der Waals surface area (Å²) in [5.41, 5.74) is 4.13. The van der Waals surface area contributed by atoms with Crippen LogP contribution in [0.4, 0.5) is 0 Å². The molecule has 0 radical (unpaired) electrons. The van der Waals surface area contributed by atoms with Gasteiger partial charge in [-0.25, -0.2) is 4.98 Å². The number of benzene rings is 1. The summed E-state index contributed by atoms with van der Waals surface area (Å²) >= 11 is 0. The third-order valence-corrected chi connectivity index (χ3v) is 3.46. The van der Waals surface area contributed by atoms with Crippen molar-refractivity contribution in [2.24, 2.45) is 7.05 Å². The maximum atomic E-state index is 4.65. The highest BCUT2D eigenvalue weighted by Crippen LogP contribution is 2.31. The van der Waals surface area contributed by atoms with Crippen LogP contribution >= 0.6 is 0 Å². The average Bonchev–Trinajstić information content (AvgIpc) is 3.01. The fourth-order valence-corrected chi connectivity index (χ4v) is 2.56. The second-order valence-corrected chi connectivity index (χ2v) is 4.59. The summed E-state index contributed by atoms with van der Waals surface area (Å²) in [6, 6.07) is 12.3. The van der Waals surface area contributed by atoms with Gasteiger partial charge in [0.15, 0.2) is 0 Å². The number of nitrogens with zero attached hydrogens (tertiary/aromatic N) is 3. The number of nitrogens with one attached hydrogen (secondary N) is 1. The Kier molecular flexibility index (Phi) is 2.00. The van der Waals surface area contributed by atoms with Crippen molar-refractivity contribution in [3.05, 3.63) is 48.8 Å². The van der Waals surface area contributed by atoms with E-state index in [1.54, 1.807) is 6.20 Å². The molecular weight excluding hydrogens is 236 g/mol. The molecule has 0 atom stereocenters. The molecule has 3 aromatic heterocycles. The van der Waals surface area contributed by atoms with Gasteiger partial charge in [0, 0.05) is 35.8 Å². The zero-order valence-electron chi connectivity index (χ0n) is 10.5. The van der Waals surface area contributed by atoms with E-state index in [1.165, 1.54) is 0 Å². The second kappa shape index (κ2) is 3.68. The van der Waals surface area contributed by atoms with E-state index in [-0.39, 0.29) is 0 Å². The molecule has 0 aliphatic heterocycles. The van der Waals surface area contributed by atoms with Crippen LogP contribution in [0.5, 0.6) is 0 Å². The van der Waals surface area contributed by atoms with Crippen LogP contribution in [0.2, 0.25) is 0 Å². The zero-order chi connectivity index (χ0) is 12.8. The lowest BCUT2D eigenvalue weighted by atomic mass is 10.1. The van der Waals surface area contributed by atoms with Gasteiger partial charge in [-0.05, 0) is 18.2 Å². The number of rotatable bonds is 1. The highest BCUT2D eigenvalue weighted by atomic mass is 15.3. The van der Waals surface area contributed by atoms with Gasteiger partial charge in [0.05, 0.1) is 5.52 Å². The summed E-state index contributed by atoms with van der Waals surface area (Å²) in [5.74, 6) is 0. The molecule has 0 fully saturated rings. The number of pyridine rings is 1. The molecule has 3 heterocycles. The molecule has 4 nitrogen and oxygen atoms in total. The Morgan fingerprint density at radius 2 is 1.89 bits per heavy atom. The Labute approximate surface area is 109 Å². The van der Waals surface area contributed by atoms with E-state index in [2.05, 4.69) is 33.3 Å². The minimum Gasteiger partial charge on any atom is -0.345 e. The number of aromatic nitrogens is 4. The van der Waals surface area contributed by atoms with E-state index in [4.69, 9.17) is 0 Å². The van der Waals surface area contributed by atoms with E-state index < -0.39 is 0 Å². The van der Waals surface area contributed by atoms with Gasteiger partial charge in [0.25, 0.3) is 0 Å². The van der Waals surface area contributed by atoms with Crippen molar-refractivity contribution in [3.63, 3.8) is 0 Å². The van der Waals surface area contributed by atoms with Gasteiger partial charge in [0.1, 0.15) is 11.3 Å². The van der Waals surface area contributed by atoms with E-state index in [1.807, 2.05) is 36.1 Å². The van der Waals surface area contributed by atoms with E-state index in [0.29, 0.717) is 0 Å².